The number of aromatic nitrogens is 1. The SMILES string of the molecule is COc1ccc(N2C(=O)CC[C@H](C(=O)Nc3nccs3)[C@H]2c2ccccc2)cc1. The average Bonchev–Trinajstić information content (AvgIpc) is 3.27. The number of ether oxygens (including phenoxy) is 1. The third-order valence-corrected chi connectivity index (χ3v) is 5.78. The van der Waals surface area contributed by atoms with Crippen LogP contribution in [0.2, 0.25) is 0 Å². The minimum atomic E-state index is -0.397. The van der Waals surface area contributed by atoms with Crippen molar-refractivity contribution in [3.8, 4) is 5.75 Å². The molecular weight excluding hydrogens is 386 g/mol. The molecule has 0 unspecified atom stereocenters. The zero-order valence-corrected chi connectivity index (χ0v) is 16.8. The topological polar surface area (TPSA) is 71.5 Å². The average molecular weight is 407 g/mol. The van der Waals surface area contributed by atoms with Crippen molar-refractivity contribution in [1.29, 1.82) is 0 Å². The first-order valence-corrected chi connectivity index (χ1v) is 10.3. The Morgan fingerprint density at radius 1 is 1.17 bits per heavy atom. The van der Waals surface area contributed by atoms with Gasteiger partial charge in [0, 0.05) is 23.7 Å². The number of hydrogen-bond donors (Lipinski definition) is 1. The lowest BCUT2D eigenvalue weighted by Gasteiger charge is -2.40. The summed E-state index contributed by atoms with van der Waals surface area (Å²) in [6.07, 6.45) is 2.45. The Bertz CT molecular complexity index is 974. The minimum Gasteiger partial charge on any atom is -0.497 e. The first kappa shape index (κ1) is 19.1. The fraction of sp³-hybridized carbons (Fsp3) is 0.227. The lowest BCUT2D eigenvalue weighted by Crippen LogP contribution is -2.46. The molecule has 1 aliphatic heterocycles. The van der Waals surface area contributed by atoms with Crippen LogP contribution in [0.15, 0.2) is 66.2 Å². The van der Waals surface area contributed by atoms with Crippen molar-refractivity contribution in [2.24, 2.45) is 5.92 Å². The molecule has 0 aliphatic carbocycles. The van der Waals surface area contributed by atoms with E-state index in [-0.39, 0.29) is 17.7 Å². The van der Waals surface area contributed by atoms with Gasteiger partial charge in [-0.1, -0.05) is 30.3 Å². The molecule has 7 heteroatoms. The normalized spacial score (nSPS) is 19.1. The zero-order valence-electron chi connectivity index (χ0n) is 15.9. The quantitative estimate of drug-likeness (QED) is 0.685. The molecule has 3 aromatic rings. The van der Waals surface area contributed by atoms with E-state index in [2.05, 4.69) is 10.3 Å². The molecule has 2 atom stereocenters. The van der Waals surface area contributed by atoms with E-state index in [4.69, 9.17) is 4.74 Å². The molecule has 0 saturated carbocycles. The highest BCUT2D eigenvalue weighted by atomic mass is 32.1. The van der Waals surface area contributed by atoms with Crippen LogP contribution < -0.4 is 15.0 Å². The van der Waals surface area contributed by atoms with Gasteiger partial charge >= 0.3 is 0 Å². The second-order valence-corrected chi connectivity index (χ2v) is 7.68. The van der Waals surface area contributed by atoms with Gasteiger partial charge in [-0.05, 0) is 36.2 Å². The van der Waals surface area contributed by atoms with Crippen LogP contribution in [0.4, 0.5) is 10.8 Å². The smallest absolute Gasteiger partial charge is 0.231 e. The van der Waals surface area contributed by atoms with Crippen molar-refractivity contribution in [2.45, 2.75) is 18.9 Å². The molecule has 1 aromatic heterocycles. The number of carbonyl (C=O) groups excluding carboxylic acids is 2. The van der Waals surface area contributed by atoms with E-state index >= 15 is 0 Å². The Labute approximate surface area is 173 Å². The predicted molar refractivity (Wildman–Crippen MR) is 113 cm³/mol. The van der Waals surface area contributed by atoms with Gasteiger partial charge in [-0.3, -0.25) is 9.59 Å². The summed E-state index contributed by atoms with van der Waals surface area (Å²) in [6.45, 7) is 0. The standard InChI is InChI=1S/C22H21N3O3S/c1-28-17-9-7-16(8-10-17)25-19(26)12-11-18(20(25)15-5-3-2-4-6-15)21(27)24-22-23-13-14-29-22/h2-10,13-14,18,20H,11-12H2,1H3,(H,23,24,27)/t18-,20+/m0/s1. The van der Waals surface area contributed by atoms with Gasteiger partial charge < -0.3 is 15.0 Å². The summed E-state index contributed by atoms with van der Waals surface area (Å²) in [5.74, 6) is 0.204. The molecule has 2 aromatic carbocycles. The minimum absolute atomic E-state index is 0.00215. The molecule has 4 rings (SSSR count). The number of anilines is 2. The van der Waals surface area contributed by atoms with E-state index in [0.29, 0.717) is 23.7 Å². The third-order valence-electron chi connectivity index (χ3n) is 5.09. The van der Waals surface area contributed by atoms with Gasteiger partial charge in [0.2, 0.25) is 11.8 Å². The van der Waals surface area contributed by atoms with Crippen LogP contribution in [-0.2, 0) is 9.59 Å². The van der Waals surface area contributed by atoms with E-state index in [1.807, 2.05) is 60.0 Å². The highest BCUT2D eigenvalue weighted by molar-refractivity contribution is 7.13. The number of thiazole rings is 1. The van der Waals surface area contributed by atoms with Crippen LogP contribution in [0.5, 0.6) is 5.75 Å². The summed E-state index contributed by atoms with van der Waals surface area (Å²) in [6, 6.07) is 16.7. The van der Waals surface area contributed by atoms with E-state index in [9.17, 15) is 9.59 Å². The van der Waals surface area contributed by atoms with E-state index in [0.717, 1.165) is 11.3 Å². The van der Waals surface area contributed by atoms with Crippen molar-refractivity contribution < 1.29 is 14.3 Å². The summed E-state index contributed by atoms with van der Waals surface area (Å²) >= 11 is 1.38. The monoisotopic (exact) mass is 407 g/mol. The Kier molecular flexibility index (Phi) is 5.57. The Balaban J connectivity index is 1.72. The van der Waals surface area contributed by atoms with Gasteiger partial charge in [-0.15, -0.1) is 11.3 Å². The first-order chi connectivity index (χ1) is 14.2. The molecule has 29 heavy (non-hydrogen) atoms. The lowest BCUT2D eigenvalue weighted by atomic mass is 9.83. The van der Waals surface area contributed by atoms with Gasteiger partial charge in [0.15, 0.2) is 5.13 Å². The highest BCUT2D eigenvalue weighted by Crippen LogP contribution is 2.40. The predicted octanol–water partition coefficient (Wildman–Crippen LogP) is 4.27. The van der Waals surface area contributed by atoms with Crippen LogP contribution >= 0.6 is 11.3 Å². The highest BCUT2D eigenvalue weighted by Gasteiger charge is 2.41. The Morgan fingerprint density at radius 3 is 2.59 bits per heavy atom. The Hall–Kier alpha value is -3.19. The molecule has 0 radical (unpaired) electrons. The fourth-order valence-corrected chi connectivity index (χ4v) is 4.26. The number of rotatable bonds is 5. The van der Waals surface area contributed by atoms with Gasteiger partial charge in [-0.25, -0.2) is 4.98 Å². The van der Waals surface area contributed by atoms with Crippen LogP contribution in [0.25, 0.3) is 0 Å². The van der Waals surface area contributed by atoms with Crippen molar-refractivity contribution in [2.75, 3.05) is 17.3 Å². The van der Waals surface area contributed by atoms with Gasteiger partial charge in [0.25, 0.3) is 0 Å². The second-order valence-electron chi connectivity index (χ2n) is 6.79. The van der Waals surface area contributed by atoms with Gasteiger partial charge in [0.1, 0.15) is 5.75 Å². The Morgan fingerprint density at radius 2 is 1.93 bits per heavy atom. The molecule has 1 N–H and O–H groups in total. The summed E-state index contributed by atoms with van der Waals surface area (Å²) < 4.78 is 5.24. The van der Waals surface area contributed by atoms with Crippen LogP contribution in [0.1, 0.15) is 24.4 Å². The first-order valence-electron chi connectivity index (χ1n) is 9.39. The number of amides is 2. The van der Waals surface area contributed by atoms with Crippen LogP contribution in [0, 0.1) is 5.92 Å². The maximum absolute atomic E-state index is 13.1. The van der Waals surface area contributed by atoms with Gasteiger partial charge in [-0.2, -0.15) is 0 Å². The maximum Gasteiger partial charge on any atom is 0.231 e. The summed E-state index contributed by atoms with van der Waals surface area (Å²) in [4.78, 5) is 32.0. The second kappa shape index (κ2) is 8.45. The number of piperidine rings is 1. The molecule has 0 bridgehead atoms. The largest absolute Gasteiger partial charge is 0.497 e. The van der Waals surface area contributed by atoms with E-state index in [1.165, 1.54) is 11.3 Å². The molecule has 6 nitrogen and oxygen atoms in total. The molecule has 2 heterocycles. The lowest BCUT2D eigenvalue weighted by molar-refractivity contribution is -0.125. The number of nitrogens with zero attached hydrogens (tertiary/aromatic N) is 2. The number of carbonyl (C=O) groups is 2. The fourth-order valence-electron chi connectivity index (χ4n) is 3.73. The molecular formula is C22H21N3O3S. The molecule has 1 fully saturated rings. The molecule has 1 saturated heterocycles. The number of hydrogen-bond acceptors (Lipinski definition) is 5. The van der Waals surface area contributed by atoms with Crippen molar-refractivity contribution in [1.82, 2.24) is 4.98 Å². The molecule has 2 amide bonds. The van der Waals surface area contributed by atoms with Gasteiger partial charge in [0.05, 0.1) is 19.1 Å². The van der Waals surface area contributed by atoms with Crippen molar-refractivity contribution in [3.05, 3.63) is 71.7 Å². The molecule has 148 valence electrons. The zero-order chi connectivity index (χ0) is 20.2. The summed E-state index contributed by atoms with van der Waals surface area (Å²) in [5.41, 5.74) is 1.67. The van der Waals surface area contributed by atoms with Crippen molar-refractivity contribution >= 4 is 34.0 Å². The third kappa shape index (κ3) is 4.00. The molecule has 0 spiro atoms. The number of benzene rings is 2. The summed E-state index contributed by atoms with van der Waals surface area (Å²) in [7, 11) is 1.60. The maximum atomic E-state index is 13.1. The van der Waals surface area contributed by atoms with Crippen molar-refractivity contribution in [3.63, 3.8) is 0 Å². The summed E-state index contributed by atoms with van der Waals surface area (Å²) in [5, 5.41) is 5.29. The van der Waals surface area contributed by atoms with E-state index in [1.54, 1.807) is 18.2 Å². The van der Waals surface area contributed by atoms with Crippen LogP contribution in [-0.4, -0.2) is 23.9 Å². The molecule has 1 aliphatic rings. The number of nitrogens with one attached hydrogen (secondary N) is 1. The number of methoxy groups -OCH3 is 1. The van der Waals surface area contributed by atoms with Crippen LogP contribution in [0.3, 0.4) is 0 Å². The van der Waals surface area contributed by atoms with E-state index < -0.39 is 6.04 Å².